The Morgan fingerprint density at radius 1 is 1.19 bits per heavy atom. The molecule has 1 fully saturated rings. The summed E-state index contributed by atoms with van der Waals surface area (Å²) in [6.45, 7) is 4.36. The maximum atomic E-state index is 12.3. The van der Waals surface area contributed by atoms with Gasteiger partial charge in [-0.2, -0.15) is 0 Å². The number of likely N-dealkylation sites (N-methyl/N-ethyl adjacent to an activating group) is 1. The van der Waals surface area contributed by atoms with E-state index in [0.29, 0.717) is 16.7 Å². The van der Waals surface area contributed by atoms with Gasteiger partial charge in [0.15, 0.2) is 0 Å². The summed E-state index contributed by atoms with van der Waals surface area (Å²) in [6, 6.07) is 7.12. The molecule has 1 amide bonds. The molecular weight excluding hydrogens is 348 g/mol. The van der Waals surface area contributed by atoms with Crippen molar-refractivity contribution >= 4 is 17.7 Å². The van der Waals surface area contributed by atoms with Gasteiger partial charge in [0.25, 0.3) is 0 Å². The van der Waals surface area contributed by atoms with Gasteiger partial charge in [-0.25, -0.2) is 4.79 Å². The number of hydrogen-bond acceptors (Lipinski definition) is 3. The van der Waals surface area contributed by atoms with Crippen molar-refractivity contribution in [2.75, 3.05) is 27.2 Å². The highest BCUT2D eigenvalue weighted by molar-refractivity contribution is 6.30. The van der Waals surface area contributed by atoms with Crippen molar-refractivity contribution in [3.63, 3.8) is 0 Å². The van der Waals surface area contributed by atoms with Crippen molar-refractivity contribution in [3.05, 3.63) is 41.4 Å². The molecule has 0 radical (unpaired) electrons. The predicted molar refractivity (Wildman–Crippen MR) is 108 cm³/mol. The summed E-state index contributed by atoms with van der Waals surface area (Å²) >= 11 is 5.86. The second kappa shape index (κ2) is 10.6. The standard InChI is InChI=1S/C21H31ClN2O2/c1-4-15-23(2)16-5-6-17-7-11-19(12-8-17)24(3)21(25)26-20-13-9-18(22)10-14-20/h5-6,9-10,13-14,17,19H,4,7-8,11-12,15-16H2,1-3H3/b6-5+/t17-,19-. The number of halogens is 1. The summed E-state index contributed by atoms with van der Waals surface area (Å²) in [6.07, 6.45) is 9.82. The molecule has 0 N–H and O–H groups in total. The molecule has 0 aromatic heterocycles. The number of benzene rings is 1. The van der Waals surface area contributed by atoms with E-state index in [0.717, 1.165) is 38.8 Å². The number of carbonyl (C=O) groups is 1. The highest BCUT2D eigenvalue weighted by Crippen LogP contribution is 2.28. The Balaban J connectivity index is 1.75. The number of rotatable bonds is 7. The molecule has 1 aliphatic carbocycles. The first-order valence-corrected chi connectivity index (χ1v) is 9.92. The van der Waals surface area contributed by atoms with Crippen LogP contribution in [-0.2, 0) is 0 Å². The van der Waals surface area contributed by atoms with Gasteiger partial charge in [0.2, 0.25) is 0 Å². The topological polar surface area (TPSA) is 32.8 Å². The minimum absolute atomic E-state index is 0.252. The van der Waals surface area contributed by atoms with Crippen LogP contribution in [0.15, 0.2) is 36.4 Å². The Morgan fingerprint density at radius 3 is 2.46 bits per heavy atom. The molecule has 1 aromatic carbocycles. The van der Waals surface area contributed by atoms with Crippen LogP contribution in [0.25, 0.3) is 0 Å². The Morgan fingerprint density at radius 2 is 1.85 bits per heavy atom. The third kappa shape index (κ3) is 6.65. The summed E-state index contributed by atoms with van der Waals surface area (Å²) in [7, 11) is 3.99. The van der Waals surface area contributed by atoms with Gasteiger partial charge >= 0.3 is 6.09 Å². The van der Waals surface area contributed by atoms with E-state index in [1.807, 2.05) is 7.05 Å². The molecule has 1 aliphatic rings. The predicted octanol–water partition coefficient (Wildman–Crippen LogP) is 5.23. The highest BCUT2D eigenvalue weighted by Gasteiger charge is 2.26. The summed E-state index contributed by atoms with van der Waals surface area (Å²) in [5, 5.41) is 0.630. The van der Waals surface area contributed by atoms with Gasteiger partial charge < -0.3 is 14.5 Å². The van der Waals surface area contributed by atoms with Crippen molar-refractivity contribution in [1.29, 1.82) is 0 Å². The fourth-order valence-electron chi connectivity index (χ4n) is 3.41. The molecule has 1 saturated carbocycles. The van der Waals surface area contributed by atoms with E-state index in [4.69, 9.17) is 16.3 Å². The van der Waals surface area contributed by atoms with Crippen LogP contribution < -0.4 is 4.74 Å². The van der Waals surface area contributed by atoms with Crippen molar-refractivity contribution in [2.45, 2.75) is 45.1 Å². The normalized spacial score (nSPS) is 20.5. The maximum absolute atomic E-state index is 12.3. The van der Waals surface area contributed by atoms with Crippen molar-refractivity contribution in [2.24, 2.45) is 5.92 Å². The lowest BCUT2D eigenvalue weighted by atomic mass is 9.85. The molecular formula is C21H31ClN2O2. The SMILES string of the molecule is CCCN(C)C/C=C/[C@H]1CC[C@H](N(C)C(=O)Oc2ccc(Cl)cc2)CC1. The summed E-state index contributed by atoms with van der Waals surface area (Å²) in [5.74, 6) is 1.15. The molecule has 144 valence electrons. The molecule has 2 rings (SSSR count). The zero-order valence-corrected chi connectivity index (χ0v) is 16.9. The lowest BCUT2D eigenvalue weighted by Crippen LogP contribution is -2.40. The third-order valence-electron chi connectivity index (χ3n) is 5.03. The molecule has 0 atom stereocenters. The van der Waals surface area contributed by atoms with Gasteiger partial charge in [-0.15, -0.1) is 0 Å². The molecule has 0 bridgehead atoms. The van der Waals surface area contributed by atoms with E-state index in [9.17, 15) is 4.79 Å². The van der Waals surface area contributed by atoms with E-state index >= 15 is 0 Å². The number of allylic oxidation sites excluding steroid dienone is 1. The molecule has 0 heterocycles. The molecule has 0 saturated heterocycles. The second-order valence-electron chi connectivity index (χ2n) is 7.19. The van der Waals surface area contributed by atoms with Gasteiger partial charge in [0, 0.05) is 24.7 Å². The van der Waals surface area contributed by atoms with Crippen LogP contribution in [0.3, 0.4) is 0 Å². The number of hydrogen-bond donors (Lipinski definition) is 0. The van der Waals surface area contributed by atoms with E-state index in [1.165, 1.54) is 6.42 Å². The van der Waals surface area contributed by atoms with Crippen molar-refractivity contribution in [1.82, 2.24) is 9.80 Å². The van der Waals surface area contributed by atoms with Crippen LogP contribution >= 0.6 is 11.6 Å². The van der Waals surface area contributed by atoms with E-state index < -0.39 is 0 Å². The molecule has 1 aromatic rings. The Kier molecular flexibility index (Phi) is 8.46. The van der Waals surface area contributed by atoms with Crippen LogP contribution in [0, 0.1) is 5.92 Å². The molecule has 26 heavy (non-hydrogen) atoms. The Bertz CT molecular complexity index is 580. The van der Waals surface area contributed by atoms with Crippen LogP contribution in [0.4, 0.5) is 4.79 Å². The largest absolute Gasteiger partial charge is 0.415 e. The zero-order chi connectivity index (χ0) is 18.9. The minimum Gasteiger partial charge on any atom is -0.410 e. The molecule has 0 unspecified atom stereocenters. The van der Waals surface area contributed by atoms with Gasteiger partial charge in [0.1, 0.15) is 5.75 Å². The van der Waals surface area contributed by atoms with Gasteiger partial charge in [0.05, 0.1) is 0 Å². The number of ether oxygens (including phenoxy) is 1. The van der Waals surface area contributed by atoms with Crippen LogP contribution in [-0.4, -0.2) is 49.1 Å². The highest BCUT2D eigenvalue weighted by atomic mass is 35.5. The van der Waals surface area contributed by atoms with Crippen molar-refractivity contribution in [3.8, 4) is 5.75 Å². The second-order valence-corrected chi connectivity index (χ2v) is 7.63. The molecule has 0 aliphatic heterocycles. The van der Waals surface area contributed by atoms with Crippen molar-refractivity contribution < 1.29 is 9.53 Å². The molecule has 5 heteroatoms. The number of amides is 1. The van der Waals surface area contributed by atoms with Crippen LogP contribution in [0.2, 0.25) is 5.02 Å². The molecule has 4 nitrogen and oxygen atoms in total. The first kappa shape index (κ1) is 20.8. The average Bonchev–Trinajstić information content (AvgIpc) is 2.64. The fourth-order valence-corrected chi connectivity index (χ4v) is 3.54. The lowest BCUT2D eigenvalue weighted by molar-refractivity contribution is 0.128. The Hall–Kier alpha value is -1.52. The van der Waals surface area contributed by atoms with Gasteiger partial charge in [-0.1, -0.05) is 30.7 Å². The lowest BCUT2D eigenvalue weighted by Gasteiger charge is -2.33. The summed E-state index contributed by atoms with van der Waals surface area (Å²) in [5.41, 5.74) is 0. The monoisotopic (exact) mass is 378 g/mol. The summed E-state index contributed by atoms with van der Waals surface area (Å²) in [4.78, 5) is 16.4. The third-order valence-corrected chi connectivity index (χ3v) is 5.28. The Labute approximate surface area is 162 Å². The number of nitrogens with zero attached hydrogens (tertiary/aromatic N) is 2. The van der Waals surface area contributed by atoms with Crippen LogP contribution in [0.5, 0.6) is 5.75 Å². The smallest absolute Gasteiger partial charge is 0.410 e. The first-order chi connectivity index (χ1) is 12.5. The fraction of sp³-hybridized carbons (Fsp3) is 0.571. The van der Waals surface area contributed by atoms with E-state index in [2.05, 4.69) is 31.0 Å². The molecule has 0 spiro atoms. The minimum atomic E-state index is -0.299. The number of carbonyl (C=O) groups excluding carboxylic acids is 1. The average molecular weight is 379 g/mol. The summed E-state index contributed by atoms with van der Waals surface area (Å²) < 4.78 is 5.43. The zero-order valence-electron chi connectivity index (χ0n) is 16.2. The first-order valence-electron chi connectivity index (χ1n) is 9.55. The van der Waals surface area contributed by atoms with E-state index in [-0.39, 0.29) is 12.1 Å². The van der Waals surface area contributed by atoms with Gasteiger partial charge in [-0.05, 0) is 75.9 Å². The maximum Gasteiger partial charge on any atom is 0.415 e. The van der Waals surface area contributed by atoms with E-state index in [1.54, 1.807) is 29.2 Å². The van der Waals surface area contributed by atoms with Crippen LogP contribution in [0.1, 0.15) is 39.0 Å². The van der Waals surface area contributed by atoms with Gasteiger partial charge in [-0.3, -0.25) is 0 Å². The quantitative estimate of drug-likeness (QED) is 0.609.